The maximum atomic E-state index is 13.1. The van der Waals surface area contributed by atoms with E-state index in [0.29, 0.717) is 12.8 Å². The third-order valence-corrected chi connectivity index (χ3v) is 11.4. The quantitative estimate of drug-likeness (QED) is 0.0185. The third-order valence-electron chi connectivity index (χ3n) is 10.9. The van der Waals surface area contributed by atoms with Gasteiger partial charge in [0.1, 0.15) is 30.5 Å². The first-order chi connectivity index (χ1) is 27.4. The highest BCUT2D eigenvalue weighted by atomic mass is 32.3. The number of aliphatic hydroxyl groups excluding tert-OH is 5. The zero-order chi connectivity index (χ0) is 42.2. The number of aliphatic hydroxyl groups is 5. The van der Waals surface area contributed by atoms with E-state index >= 15 is 0 Å². The van der Waals surface area contributed by atoms with Crippen LogP contribution < -0.4 is 5.32 Å². The first-order valence-corrected chi connectivity index (χ1v) is 24.0. The molecule has 0 bridgehead atoms. The van der Waals surface area contributed by atoms with Crippen molar-refractivity contribution in [3.63, 3.8) is 0 Å². The molecule has 0 saturated carbocycles. The van der Waals surface area contributed by atoms with Gasteiger partial charge >= 0.3 is 10.4 Å². The Balaban J connectivity index is 2.61. The fourth-order valence-electron chi connectivity index (χ4n) is 7.28. The maximum absolute atomic E-state index is 13.1. The monoisotopic (exact) mass is 838 g/mol. The fraction of sp³-hybridized carbons (Fsp3) is 0.930. The molecule has 1 aliphatic heterocycles. The van der Waals surface area contributed by atoms with Crippen molar-refractivity contribution >= 4 is 16.3 Å². The Morgan fingerprint density at radius 3 is 1.58 bits per heavy atom. The van der Waals surface area contributed by atoms with Gasteiger partial charge in [-0.05, 0) is 19.3 Å². The van der Waals surface area contributed by atoms with E-state index in [1.165, 1.54) is 128 Å². The Kier molecular flexibility index (Phi) is 32.6. The van der Waals surface area contributed by atoms with Gasteiger partial charge in [-0.1, -0.05) is 187 Å². The van der Waals surface area contributed by atoms with Crippen LogP contribution in [0, 0.1) is 0 Å². The Morgan fingerprint density at radius 2 is 1.14 bits per heavy atom. The van der Waals surface area contributed by atoms with Crippen molar-refractivity contribution in [3.8, 4) is 0 Å². The number of carbonyl (C=O) groups is 1. The minimum Gasteiger partial charge on any atom is -0.394 e. The van der Waals surface area contributed by atoms with Gasteiger partial charge < -0.3 is 40.3 Å². The Labute approximate surface area is 345 Å². The van der Waals surface area contributed by atoms with Crippen LogP contribution in [0.1, 0.15) is 194 Å². The molecule has 0 aliphatic carbocycles. The van der Waals surface area contributed by atoms with Crippen LogP contribution in [-0.4, -0.2) is 107 Å². The van der Waals surface area contributed by atoms with Gasteiger partial charge in [-0.2, -0.15) is 8.42 Å². The van der Waals surface area contributed by atoms with Gasteiger partial charge in [0, 0.05) is 0 Å². The number of ether oxygens (including phenoxy) is 2. The van der Waals surface area contributed by atoms with Crippen molar-refractivity contribution in [2.24, 2.45) is 0 Å². The number of carbonyl (C=O) groups excluding carboxylic acids is 1. The van der Waals surface area contributed by atoms with Gasteiger partial charge in [-0.25, -0.2) is 4.18 Å². The van der Waals surface area contributed by atoms with Crippen LogP contribution in [0.15, 0.2) is 12.2 Å². The summed E-state index contributed by atoms with van der Waals surface area (Å²) in [7, 11) is -5.11. The summed E-state index contributed by atoms with van der Waals surface area (Å²) < 4.78 is 47.4. The maximum Gasteiger partial charge on any atom is 0.397 e. The van der Waals surface area contributed by atoms with E-state index in [1.54, 1.807) is 0 Å². The highest BCUT2D eigenvalue weighted by Crippen LogP contribution is 2.26. The molecule has 1 aliphatic rings. The topological polar surface area (TPSA) is 212 Å². The van der Waals surface area contributed by atoms with Crippen LogP contribution in [0.4, 0.5) is 0 Å². The molecule has 1 rings (SSSR count). The molecule has 0 aromatic rings. The molecule has 13 nitrogen and oxygen atoms in total. The molecule has 0 aromatic heterocycles. The number of nitrogens with one attached hydrogen (secondary N) is 1. The molecule has 8 unspecified atom stereocenters. The van der Waals surface area contributed by atoms with Gasteiger partial charge in [0.15, 0.2) is 6.29 Å². The molecule has 1 amide bonds. The van der Waals surface area contributed by atoms with E-state index < -0.39 is 78.5 Å². The molecule has 1 saturated heterocycles. The van der Waals surface area contributed by atoms with Crippen molar-refractivity contribution in [1.29, 1.82) is 0 Å². The molecular weight excluding hydrogens is 755 g/mol. The summed E-state index contributed by atoms with van der Waals surface area (Å²) in [4.78, 5) is 13.1. The third kappa shape index (κ3) is 27.3. The van der Waals surface area contributed by atoms with Gasteiger partial charge in [0.05, 0.1) is 25.4 Å². The largest absolute Gasteiger partial charge is 0.397 e. The van der Waals surface area contributed by atoms with Gasteiger partial charge in [0.25, 0.3) is 0 Å². The van der Waals surface area contributed by atoms with Crippen molar-refractivity contribution in [3.05, 3.63) is 12.2 Å². The van der Waals surface area contributed by atoms with E-state index in [4.69, 9.17) is 14.0 Å². The lowest BCUT2D eigenvalue weighted by Crippen LogP contribution is -2.61. The summed E-state index contributed by atoms with van der Waals surface area (Å²) in [5.41, 5.74) is 0. The summed E-state index contributed by atoms with van der Waals surface area (Å²) in [6.07, 6.45) is 24.3. The molecule has 8 atom stereocenters. The Hall–Kier alpha value is -1.20. The number of hydrogen-bond acceptors (Lipinski definition) is 11. The SMILES string of the molecule is CCCCCCCCCCCCCC/C=C/C(O)C(COC1OC(CO)C(O)C(OS(=O)(=O)O)C1O)NC(=O)C(O)CCCCCCCCCCCCCCCC. The first kappa shape index (κ1) is 53.8. The zero-order valence-corrected chi connectivity index (χ0v) is 36.3. The minimum atomic E-state index is -5.11. The standard InChI is InChI=1S/C43H83NO12S/c1-3-5-7-9-11-13-15-17-19-21-23-25-27-29-31-36(46)35(34-54-43-40(49)41(56-57(51,52)53)39(48)38(33-45)55-43)44-42(50)37(47)32-30-28-26-24-22-20-18-16-14-12-10-8-6-4-2/h29,31,35-41,43,45-49H,3-28,30,32-34H2,1-2H3,(H,44,50)(H,51,52,53)/b31-29+. The molecular formula is C43H83NO12S. The highest BCUT2D eigenvalue weighted by Gasteiger charge is 2.48. The number of hydrogen-bond donors (Lipinski definition) is 7. The van der Waals surface area contributed by atoms with Crippen LogP contribution in [-0.2, 0) is 28.9 Å². The Bertz CT molecular complexity index is 1100. The summed E-state index contributed by atoms with van der Waals surface area (Å²) >= 11 is 0. The molecule has 338 valence electrons. The molecule has 0 radical (unpaired) electrons. The average Bonchev–Trinajstić information content (AvgIpc) is 3.18. The van der Waals surface area contributed by atoms with Gasteiger partial charge in [0.2, 0.25) is 5.91 Å². The van der Waals surface area contributed by atoms with Crippen LogP contribution >= 0.6 is 0 Å². The minimum absolute atomic E-state index is 0.248. The predicted molar refractivity (Wildman–Crippen MR) is 224 cm³/mol. The summed E-state index contributed by atoms with van der Waals surface area (Å²) in [5.74, 6) is -0.701. The van der Waals surface area contributed by atoms with Crippen LogP contribution in [0.3, 0.4) is 0 Å². The van der Waals surface area contributed by atoms with Crippen LogP contribution in [0.5, 0.6) is 0 Å². The molecule has 0 spiro atoms. The van der Waals surface area contributed by atoms with Crippen molar-refractivity contribution in [1.82, 2.24) is 5.32 Å². The van der Waals surface area contributed by atoms with Crippen molar-refractivity contribution in [2.75, 3.05) is 13.2 Å². The normalized spacial score (nSPS) is 21.9. The lowest BCUT2D eigenvalue weighted by atomic mass is 9.99. The Morgan fingerprint density at radius 1 is 0.702 bits per heavy atom. The van der Waals surface area contributed by atoms with E-state index in [0.717, 1.165) is 38.5 Å². The second kappa shape index (κ2) is 34.5. The molecule has 57 heavy (non-hydrogen) atoms. The lowest BCUT2D eigenvalue weighted by Gasteiger charge is -2.41. The average molecular weight is 838 g/mol. The van der Waals surface area contributed by atoms with E-state index in [-0.39, 0.29) is 6.42 Å². The second-order valence-corrected chi connectivity index (χ2v) is 17.2. The lowest BCUT2D eigenvalue weighted by molar-refractivity contribution is -0.298. The molecule has 1 fully saturated rings. The summed E-state index contributed by atoms with van der Waals surface area (Å²) in [6, 6.07) is -1.11. The first-order valence-electron chi connectivity index (χ1n) is 22.7. The van der Waals surface area contributed by atoms with E-state index in [1.807, 2.05) is 6.08 Å². The number of unbranched alkanes of at least 4 members (excludes halogenated alkanes) is 25. The number of allylic oxidation sites excluding steroid dienone is 1. The highest BCUT2D eigenvalue weighted by molar-refractivity contribution is 7.80. The van der Waals surface area contributed by atoms with E-state index in [9.17, 15) is 38.7 Å². The van der Waals surface area contributed by atoms with Gasteiger partial charge in [-0.3, -0.25) is 9.35 Å². The second-order valence-electron chi connectivity index (χ2n) is 16.1. The van der Waals surface area contributed by atoms with Crippen molar-refractivity contribution in [2.45, 2.75) is 243 Å². The molecule has 14 heteroatoms. The smallest absolute Gasteiger partial charge is 0.394 e. The summed E-state index contributed by atoms with van der Waals surface area (Å²) in [6.45, 7) is 3.21. The molecule has 0 aromatic carbocycles. The molecule has 7 N–H and O–H groups in total. The zero-order valence-electron chi connectivity index (χ0n) is 35.5. The van der Waals surface area contributed by atoms with Crippen LogP contribution in [0.25, 0.3) is 0 Å². The molecule has 1 heterocycles. The number of amides is 1. The van der Waals surface area contributed by atoms with Gasteiger partial charge in [-0.15, -0.1) is 0 Å². The van der Waals surface area contributed by atoms with Crippen molar-refractivity contribution < 1.29 is 57.0 Å². The predicted octanol–water partition coefficient (Wildman–Crippen LogP) is 7.36. The van der Waals surface area contributed by atoms with E-state index in [2.05, 4.69) is 23.3 Å². The number of rotatable bonds is 38. The van der Waals surface area contributed by atoms with Crippen LogP contribution in [0.2, 0.25) is 0 Å². The fourth-order valence-corrected chi connectivity index (χ4v) is 7.79. The summed E-state index contributed by atoms with van der Waals surface area (Å²) in [5, 5.41) is 55.1.